The van der Waals surface area contributed by atoms with Gasteiger partial charge in [-0.2, -0.15) is 0 Å². The van der Waals surface area contributed by atoms with Crippen molar-refractivity contribution in [2.24, 2.45) is 11.8 Å². The lowest BCUT2D eigenvalue weighted by molar-refractivity contribution is 0.183. The fourth-order valence-corrected chi connectivity index (χ4v) is 2.43. The van der Waals surface area contributed by atoms with Crippen molar-refractivity contribution in [1.82, 2.24) is 5.32 Å². The highest BCUT2D eigenvalue weighted by atomic mass is 16.5. The molecule has 0 spiro atoms. The fourth-order valence-electron chi connectivity index (χ4n) is 2.43. The smallest absolute Gasteiger partial charge is 0.0495 e. The second-order valence-corrected chi connectivity index (χ2v) is 4.82. The predicted molar refractivity (Wildman–Crippen MR) is 58.3 cm³/mol. The average molecular weight is 197 g/mol. The zero-order chi connectivity index (χ0) is 9.80. The Hall–Kier alpha value is -0.0800. The van der Waals surface area contributed by atoms with E-state index in [1.165, 1.54) is 38.6 Å². The van der Waals surface area contributed by atoms with Crippen molar-refractivity contribution in [3.05, 3.63) is 0 Å². The summed E-state index contributed by atoms with van der Waals surface area (Å²) in [6, 6.07) is 0.803. The van der Waals surface area contributed by atoms with E-state index in [0.29, 0.717) is 0 Å². The van der Waals surface area contributed by atoms with E-state index in [1.54, 1.807) is 0 Å². The molecule has 0 radical (unpaired) electrons. The SMILES string of the molecule is CCC(NCCC1CCOC1)C1CC1. The zero-order valence-electron chi connectivity index (χ0n) is 9.30. The van der Waals surface area contributed by atoms with Gasteiger partial charge in [-0.05, 0) is 50.5 Å². The molecule has 2 atom stereocenters. The Morgan fingerprint density at radius 3 is 2.79 bits per heavy atom. The van der Waals surface area contributed by atoms with Gasteiger partial charge in [0.2, 0.25) is 0 Å². The summed E-state index contributed by atoms with van der Waals surface area (Å²) >= 11 is 0. The van der Waals surface area contributed by atoms with Crippen LogP contribution in [0.1, 0.15) is 39.0 Å². The summed E-state index contributed by atoms with van der Waals surface area (Å²) < 4.78 is 5.37. The molecular weight excluding hydrogens is 174 g/mol. The van der Waals surface area contributed by atoms with Gasteiger partial charge < -0.3 is 10.1 Å². The summed E-state index contributed by atoms with van der Waals surface area (Å²) in [5.41, 5.74) is 0. The second-order valence-electron chi connectivity index (χ2n) is 4.82. The van der Waals surface area contributed by atoms with Crippen LogP contribution >= 0.6 is 0 Å². The number of hydrogen-bond donors (Lipinski definition) is 1. The molecule has 1 aliphatic heterocycles. The van der Waals surface area contributed by atoms with Crippen LogP contribution in [0.4, 0.5) is 0 Å². The van der Waals surface area contributed by atoms with Gasteiger partial charge in [-0.3, -0.25) is 0 Å². The van der Waals surface area contributed by atoms with Crippen LogP contribution < -0.4 is 5.32 Å². The maximum Gasteiger partial charge on any atom is 0.0495 e. The molecule has 1 heterocycles. The summed E-state index contributed by atoms with van der Waals surface area (Å²) in [5.74, 6) is 1.83. The molecule has 2 unspecified atom stereocenters. The van der Waals surface area contributed by atoms with Crippen molar-refractivity contribution < 1.29 is 4.74 Å². The van der Waals surface area contributed by atoms with Crippen LogP contribution in [-0.4, -0.2) is 25.8 Å². The molecule has 0 bridgehead atoms. The van der Waals surface area contributed by atoms with E-state index in [-0.39, 0.29) is 0 Å². The quantitative estimate of drug-likeness (QED) is 0.705. The first-order valence-electron chi connectivity index (χ1n) is 6.21. The van der Waals surface area contributed by atoms with Gasteiger partial charge >= 0.3 is 0 Å². The van der Waals surface area contributed by atoms with Gasteiger partial charge in [0.25, 0.3) is 0 Å². The number of hydrogen-bond acceptors (Lipinski definition) is 2. The molecule has 2 nitrogen and oxygen atoms in total. The Labute approximate surface area is 87.4 Å². The first-order valence-corrected chi connectivity index (χ1v) is 6.21. The minimum atomic E-state index is 0.803. The molecule has 14 heavy (non-hydrogen) atoms. The Morgan fingerprint density at radius 2 is 2.21 bits per heavy atom. The van der Waals surface area contributed by atoms with Crippen LogP contribution in [0.25, 0.3) is 0 Å². The molecular formula is C12H23NO. The predicted octanol–water partition coefficient (Wildman–Crippen LogP) is 2.19. The van der Waals surface area contributed by atoms with E-state index in [1.807, 2.05) is 0 Å². The number of rotatable bonds is 6. The molecule has 2 aliphatic rings. The van der Waals surface area contributed by atoms with Crippen molar-refractivity contribution in [3.63, 3.8) is 0 Å². The maximum atomic E-state index is 5.37. The third-order valence-corrected chi connectivity index (χ3v) is 3.61. The normalized spacial score (nSPS) is 29.4. The second kappa shape index (κ2) is 5.13. The number of ether oxygens (including phenoxy) is 1. The third-order valence-electron chi connectivity index (χ3n) is 3.61. The first-order chi connectivity index (χ1) is 6.90. The molecule has 1 aliphatic carbocycles. The van der Waals surface area contributed by atoms with E-state index < -0.39 is 0 Å². The molecule has 1 saturated heterocycles. The lowest BCUT2D eigenvalue weighted by Crippen LogP contribution is -2.32. The van der Waals surface area contributed by atoms with Gasteiger partial charge in [0.1, 0.15) is 0 Å². The fraction of sp³-hybridized carbons (Fsp3) is 1.00. The van der Waals surface area contributed by atoms with Gasteiger partial charge in [-0.1, -0.05) is 6.92 Å². The molecule has 0 amide bonds. The van der Waals surface area contributed by atoms with Crippen molar-refractivity contribution >= 4 is 0 Å². The van der Waals surface area contributed by atoms with E-state index in [2.05, 4.69) is 12.2 Å². The Morgan fingerprint density at radius 1 is 1.36 bits per heavy atom. The largest absolute Gasteiger partial charge is 0.381 e. The topological polar surface area (TPSA) is 21.3 Å². The molecule has 0 aromatic rings. The molecule has 2 fully saturated rings. The van der Waals surface area contributed by atoms with Crippen LogP contribution in [0, 0.1) is 11.8 Å². The van der Waals surface area contributed by atoms with Gasteiger partial charge in [-0.25, -0.2) is 0 Å². The molecule has 1 saturated carbocycles. The van der Waals surface area contributed by atoms with E-state index in [4.69, 9.17) is 4.74 Å². The first kappa shape index (κ1) is 10.4. The van der Waals surface area contributed by atoms with Gasteiger partial charge in [-0.15, -0.1) is 0 Å². The minimum absolute atomic E-state index is 0.803. The van der Waals surface area contributed by atoms with E-state index in [9.17, 15) is 0 Å². The summed E-state index contributed by atoms with van der Waals surface area (Å²) in [4.78, 5) is 0. The highest BCUT2D eigenvalue weighted by Crippen LogP contribution is 2.33. The standard InChI is InChI=1S/C12H23NO/c1-2-12(11-3-4-11)13-7-5-10-6-8-14-9-10/h10-13H,2-9H2,1H3. The van der Waals surface area contributed by atoms with Crippen LogP contribution in [-0.2, 0) is 4.74 Å². The molecule has 2 rings (SSSR count). The lowest BCUT2D eigenvalue weighted by Gasteiger charge is -2.17. The van der Waals surface area contributed by atoms with Crippen molar-refractivity contribution in [2.75, 3.05) is 19.8 Å². The maximum absolute atomic E-state index is 5.37. The van der Waals surface area contributed by atoms with Gasteiger partial charge in [0, 0.05) is 19.3 Å². The highest BCUT2D eigenvalue weighted by Gasteiger charge is 2.29. The molecule has 0 aromatic carbocycles. The minimum Gasteiger partial charge on any atom is -0.381 e. The molecule has 1 N–H and O–H groups in total. The van der Waals surface area contributed by atoms with Crippen LogP contribution in [0.3, 0.4) is 0 Å². The summed E-state index contributed by atoms with van der Waals surface area (Å²) in [7, 11) is 0. The average Bonchev–Trinajstić information content (AvgIpc) is 2.91. The van der Waals surface area contributed by atoms with Gasteiger partial charge in [0.05, 0.1) is 0 Å². The van der Waals surface area contributed by atoms with E-state index in [0.717, 1.165) is 31.1 Å². The van der Waals surface area contributed by atoms with Crippen molar-refractivity contribution in [3.8, 4) is 0 Å². The summed E-state index contributed by atoms with van der Waals surface area (Å²) in [6.07, 6.45) is 6.80. The van der Waals surface area contributed by atoms with Crippen molar-refractivity contribution in [2.45, 2.75) is 45.1 Å². The Balaban J connectivity index is 1.56. The monoisotopic (exact) mass is 197 g/mol. The number of nitrogens with one attached hydrogen (secondary N) is 1. The van der Waals surface area contributed by atoms with Crippen LogP contribution in [0.2, 0.25) is 0 Å². The van der Waals surface area contributed by atoms with Crippen LogP contribution in [0.15, 0.2) is 0 Å². The molecule has 0 aromatic heterocycles. The lowest BCUT2D eigenvalue weighted by atomic mass is 10.0. The summed E-state index contributed by atoms with van der Waals surface area (Å²) in [5, 5.41) is 3.70. The molecule has 82 valence electrons. The highest BCUT2D eigenvalue weighted by molar-refractivity contribution is 4.85. The third kappa shape index (κ3) is 2.96. The Bertz CT molecular complexity index is 162. The molecule has 2 heteroatoms. The van der Waals surface area contributed by atoms with E-state index >= 15 is 0 Å². The van der Waals surface area contributed by atoms with Crippen LogP contribution in [0.5, 0.6) is 0 Å². The van der Waals surface area contributed by atoms with Gasteiger partial charge in [0.15, 0.2) is 0 Å². The Kier molecular flexibility index (Phi) is 3.82. The van der Waals surface area contributed by atoms with Crippen molar-refractivity contribution in [1.29, 1.82) is 0 Å². The zero-order valence-corrected chi connectivity index (χ0v) is 9.30. The summed E-state index contributed by atoms with van der Waals surface area (Å²) in [6.45, 7) is 5.49.